The minimum atomic E-state index is -0.352. The number of pyridine rings is 2. The van der Waals surface area contributed by atoms with Crippen LogP contribution >= 0.6 is 0 Å². The normalized spacial score (nSPS) is 11.4. The van der Waals surface area contributed by atoms with E-state index in [0.29, 0.717) is 17.1 Å². The summed E-state index contributed by atoms with van der Waals surface area (Å²) in [5.41, 5.74) is 4.95. The van der Waals surface area contributed by atoms with Gasteiger partial charge in [0.05, 0.1) is 0 Å². The first-order valence-electron chi connectivity index (χ1n) is 8.61. The molecule has 0 spiro atoms. The van der Waals surface area contributed by atoms with E-state index >= 15 is 0 Å². The SMILES string of the molecule is Cc1ccc(OC/C(N=Cc2ccncc2)=N\NC(=O)c2ccncc2)cc1. The van der Waals surface area contributed by atoms with Crippen molar-refractivity contribution >= 4 is 18.0 Å². The van der Waals surface area contributed by atoms with Gasteiger partial charge in [0.25, 0.3) is 5.91 Å². The molecule has 1 N–H and O–H groups in total. The number of aliphatic imine (C=N–C) groups is 1. The summed E-state index contributed by atoms with van der Waals surface area (Å²) >= 11 is 0. The predicted octanol–water partition coefficient (Wildman–Crippen LogP) is 3.03. The number of nitrogens with one attached hydrogen (secondary N) is 1. The fourth-order valence-corrected chi connectivity index (χ4v) is 2.16. The lowest BCUT2D eigenvalue weighted by Gasteiger charge is -2.07. The maximum atomic E-state index is 12.2. The highest BCUT2D eigenvalue weighted by Gasteiger charge is 2.05. The Morgan fingerprint density at radius 1 is 1.00 bits per heavy atom. The van der Waals surface area contributed by atoms with Crippen LogP contribution in [-0.2, 0) is 0 Å². The monoisotopic (exact) mass is 373 g/mol. The van der Waals surface area contributed by atoms with Gasteiger partial charge in [0, 0.05) is 36.6 Å². The molecule has 0 aliphatic rings. The van der Waals surface area contributed by atoms with Crippen molar-refractivity contribution in [3.05, 3.63) is 90.0 Å². The Hall–Kier alpha value is -3.87. The van der Waals surface area contributed by atoms with Gasteiger partial charge < -0.3 is 4.74 Å². The predicted molar refractivity (Wildman–Crippen MR) is 108 cm³/mol. The van der Waals surface area contributed by atoms with Gasteiger partial charge in [-0.25, -0.2) is 10.4 Å². The Labute approximate surface area is 162 Å². The fourth-order valence-electron chi connectivity index (χ4n) is 2.16. The number of hydrogen-bond acceptors (Lipinski definition) is 5. The molecule has 3 aromatic rings. The fraction of sp³-hybridized carbons (Fsp3) is 0.0952. The molecule has 140 valence electrons. The lowest BCUT2D eigenvalue weighted by molar-refractivity contribution is 0.0954. The molecule has 7 heteroatoms. The molecule has 0 saturated carbocycles. The first-order valence-corrected chi connectivity index (χ1v) is 8.61. The standard InChI is InChI=1S/C21H19N5O2/c1-16-2-4-19(5-3-16)28-15-20(24-14-17-6-10-22-11-7-17)25-26-21(27)18-8-12-23-13-9-18/h2-14H,15H2,1H3,(H,26,27)/b24-14?,25-20+. The van der Waals surface area contributed by atoms with Crippen LogP contribution in [0.5, 0.6) is 5.75 Å². The number of amides is 1. The number of aromatic nitrogens is 2. The summed E-state index contributed by atoms with van der Waals surface area (Å²) in [6.07, 6.45) is 8.07. The minimum Gasteiger partial charge on any atom is -0.486 e. The van der Waals surface area contributed by atoms with E-state index in [1.807, 2.05) is 43.3 Å². The number of benzene rings is 1. The number of ether oxygens (including phenoxy) is 1. The smallest absolute Gasteiger partial charge is 0.271 e. The van der Waals surface area contributed by atoms with Crippen molar-refractivity contribution in [1.82, 2.24) is 15.4 Å². The third kappa shape index (κ3) is 5.84. The molecule has 1 aromatic carbocycles. The van der Waals surface area contributed by atoms with Gasteiger partial charge in [0.1, 0.15) is 12.4 Å². The molecule has 1 amide bonds. The molecule has 0 bridgehead atoms. The van der Waals surface area contributed by atoms with E-state index in [1.54, 1.807) is 43.1 Å². The van der Waals surface area contributed by atoms with E-state index in [1.165, 1.54) is 0 Å². The molecule has 0 saturated heterocycles. The topological polar surface area (TPSA) is 88.8 Å². The molecule has 0 aliphatic heterocycles. The molecule has 2 heterocycles. The van der Waals surface area contributed by atoms with E-state index in [4.69, 9.17) is 4.74 Å². The number of hydrazone groups is 1. The van der Waals surface area contributed by atoms with Crippen molar-refractivity contribution in [2.45, 2.75) is 6.92 Å². The average molecular weight is 373 g/mol. The van der Waals surface area contributed by atoms with Crippen LogP contribution in [0.1, 0.15) is 21.5 Å². The van der Waals surface area contributed by atoms with Crippen LogP contribution in [0.15, 0.2) is 83.4 Å². The summed E-state index contributed by atoms with van der Waals surface area (Å²) in [5, 5.41) is 4.11. The molecule has 3 rings (SSSR count). The quantitative estimate of drug-likeness (QED) is 0.409. The highest BCUT2D eigenvalue weighted by atomic mass is 16.5. The minimum absolute atomic E-state index is 0.0985. The van der Waals surface area contributed by atoms with Crippen LogP contribution in [0, 0.1) is 6.92 Å². The van der Waals surface area contributed by atoms with Gasteiger partial charge in [-0.15, -0.1) is 0 Å². The molecule has 0 atom stereocenters. The molecular weight excluding hydrogens is 354 g/mol. The summed E-state index contributed by atoms with van der Waals surface area (Å²) in [4.78, 5) is 24.4. The lowest BCUT2D eigenvalue weighted by atomic mass is 10.2. The Morgan fingerprint density at radius 2 is 1.64 bits per heavy atom. The summed E-state index contributed by atoms with van der Waals surface area (Å²) in [5.74, 6) is 0.659. The van der Waals surface area contributed by atoms with Gasteiger partial charge in [-0.3, -0.25) is 14.8 Å². The van der Waals surface area contributed by atoms with Crippen molar-refractivity contribution in [3.8, 4) is 5.75 Å². The lowest BCUT2D eigenvalue weighted by Crippen LogP contribution is -2.21. The number of hydrogen-bond donors (Lipinski definition) is 1. The number of carbonyl (C=O) groups is 1. The Morgan fingerprint density at radius 3 is 2.32 bits per heavy atom. The van der Waals surface area contributed by atoms with E-state index in [9.17, 15) is 4.79 Å². The third-order valence-electron chi connectivity index (χ3n) is 3.69. The third-order valence-corrected chi connectivity index (χ3v) is 3.69. The Balaban J connectivity index is 1.72. The first-order chi connectivity index (χ1) is 13.7. The number of amidine groups is 1. The van der Waals surface area contributed by atoms with E-state index < -0.39 is 0 Å². The zero-order valence-corrected chi connectivity index (χ0v) is 15.3. The van der Waals surface area contributed by atoms with Crippen LogP contribution in [-0.4, -0.2) is 34.5 Å². The van der Waals surface area contributed by atoms with Crippen molar-refractivity contribution < 1.29 is 9.53 Å². The number of rotatable bonds is 6. The number of nitrogens with zero attached hydrogens (tertiary/aromatic N) is 4. The van der Waals surface area contributed by atoms with Crippen LogP contribution in [0.4, 0.5) is 0 Å². The summed E-state index contributed by atoms with van der Waals surface area (Å²) in [6.45, 7) is 2.10. The second-order valence-corrected chi connectivity index (χ2v) is 5.85. The van der Waals surface area contributed by atoms with Gasteiger partial charge in [-0.2, -0.15) is 5.10 Å². The number of carbonyl (C=O) groups excluding carboxylic acids is 1. The van der Waals surface area contributed by atoms with Crippen LogP contribution in [0.25, 0.3) is 0 Å². The second kappa shape index (κ2) is 9.72. The Bertz CT molecular complexity index is 955. The van der Waals surface area contributed by atoms with Gasteiger partial charge in [-0.05, 0) is 48.9 Å². The molecule has 7 nitrogen and oxygen atoms in total. The van der Waals surface area contributed by atoms with Crippen LogP contribution in [0.3, 0.4) is 0 Å². The maximum absolute atomic E-state index is 12.2. The number of aryl methyl sites for hydroxylation is 1. The van der Waals surface area contributed by atoms with Crippen molar-refractivity contribution in [1.29, 1.82) is 0 Å². The zero-order valence-electron chi connectivity index (χ0n) is 15.3. The Kier molecular flexibility index (Phi) is 6.57. The molecule has 0 unspecified atom stereocenters. The molecule has 28 heavy (non-hydrogen) atoms. The molecule has 0 fully saturated rings. The van der Waals surface area contributed by atoms with Crippen molar-refractivity contribution in [2.24, 2.45) is 10.1 Å². The van der Waals surface area contributed by atoms with Gasteiger partial charge in [-0.1, -0.05) is 17.7 Å². The maximum Gasteiger partial charge on any atom is 0.271 e. The largest absolute Gasteiger partial charge is 0.486 e. The van der Waals surface area contributed by atoms with Crippen LogP contribution in [0.2, 0.25) is 0 Å². The summed E-state index contributed by atoms with van der Waals surface area (Å²) < 4.78 is 5.73. The first kappa shape index (κ1) is 18.9. The molecule has 0 aliphatic carbocycles. The van der Waals surface area contributed by atoms with E-state index in [-0.39, 0.29) is 12.5 Å². The molecule has 0 radical (unpaired) electrons. The highest BCUT2D eigenvalue weighted by molar-refractivity contribution is 5.98. The van der Waals surface area contributed by atoms with Crippen LogP contribution < -0.4 is 10.2 Å². The van der Waals surface area contributed by atoms with Crippen molar-refractivity contribution in [2.75, 3.05) is 6.61 Å². The summed E-state index contributed by atoms with van der Waals surface area (Å²) in [6, 6.07) is 14.5. The summed E-state index contributed by atoms with van der Waals surface area (Å²) in [7, 11) is 0. The van der Waals surface area contributed by atoms with Gasteiger partial charge >= 0.3 is 0 Å². The van der Waals surface area contributed by atoms with Gasteiger partial charge in [0.15, 0.2) is 5.84 Å². The van der Waals surface area contributed by atoms with Gasteiger partial charge in [0.2, 0.25) is 0 Å². The average Bonchev–Trinajstić information content (AvgIpc) is 2.75. The van der Waals surface area contributed by atoms with E-state index in [2.05, 4.69) is 25.5 Å². The molecule has 2 aromatic heterocycles. The zero-order chi connectivity index (χ0) is 19.6. The highest BCUT2D eigenvalue weighted by Crippen LogP contribution is 2.11. The van der Waals surface area contributed by atoms with Crippen molar-refractivity contribution in [3.63, 3.8) is 0 Å². The second-order valence-electron chi connectivity index (χ2n) is 5.85. The molecular formula is C21H19N5O2. The van der Waals surface area contributed by atoms with E-state index in [0.717, 1.165) is 11.1 Å².